The van der Waals surface area contributed by atoms with Gasteiger partial charge in [0.05, 0.1) is 6.54 Å². The molecule has 4 heteroatoms. The Kier molecular flexibility index (Phi) is 5.78. The van der Waals surface area contributed by atoms with E-state index in [9.17, 15) is 9.59 Å². The standard InChI is InChI=1S/C10H14N2O2/c1-4-6-9(5-2)12-10(14)7-11-8(3)13/h4-6H,1-2,7H2,3H3,(H,11,13)(H,12,14)/b9-6+. The predicted molar refractivity (Wildman–Crippen MR) is 55.3 cm³/mol. The van der Waals surface area contributed by atoms with Crippen LogP contribution in [0.15, 0.2) is 37.1 Å². The minimum Gasteiger partial charge on any atom is -0.347 e. The second kappa shape index (κ2) is 6.65. The molecule has 0 aliphatic heterocycles. The lowest BCUT2D eigenvalue weighted by Crippen LogP contribution is -2.35. The third kappa shape index (κ3) is 5.77. The Morgan fingerprint density at radius 2 is 2.00 bits per heavy atom. The molecule has 0 aliphatic rings. The van der Waals surface area contributed by atoms with E-state index < -0.39 is 0 Å². The van der Waals surface area contributed by atoms with Crippen molar-refractivity contribution in [3.8, 4) is 0 Å². The molecule has 0 heterocycles. The Morgan fingerprint density at radius 3 is 2.43 bits per heavy atom. The quantitative estimate of drug-likeness (QED) is 0.626. The van der Waals surface area contributed by atoms with Crippen LogP contribution in [-0.2, 0) is 9.59 Å². The maximum atomic E-state index is 11.1. The van der Waals surface area contributed by atoms with Crippen LogP contribution in [0.3, 0.4) is 0 Å². The summed E-state index contributed by atoms with van der Waals surface area (Å²) in [6.07, 6.45) is 4.64. The number of hydrogen-bond acceptors (Lipinski definition) is 2. The zero-order valence-corrected chi connectivity index (χ0v) is 8.17. The summed E-state index contributed by atoms with van der Waals surface area (Å²) in [5.74, 6) is -0.541. The highest BCUT2D eigenvalue weighted by molar-refractivity contribution is 5.84. The Hall–Kier alpha value is -1.84. The van der Waals surface area contributed by atoms with Crippen molar-refractivity contribution in [1.29, 1.82) is 0 Å². The molecule has 2 amide bonds. The molecule has 0 aliphatic carbocycles. The number of rotatable bonds is 5. The lowest BCUT2D eigenvalue weighted by Gasteiger charge is -2.05. The topological polar surface area (TPSA) is 58.2 Å². The van der Waals surface area contributed by atoms with Crippen LogP contribution in [0.5, 0.6) is 0 Å². The van der Waals surface area contributed by atoms with Crippen molar-refractivity contribution >= 4 is 11.8 Å². The molecule has 2 N–H and O–H groups in total. The van der Waals surface area contributed by atoms with Crippen molar-refractivity contribution < 1.29 is 9.59 Å². The van der Waals surface area contributed by atoms with Crippen LogP contribution < -0.4 is 10.6 Å². The maximum absolute atomic E-state index is 11.1. The average Bonchev–Trinajstić information content (AvgIpc) is 2.14. The van der Waals surface area contributed by atoms with Gasteiger partial charge in [0, 0.05) is 12.6 Å². The van der Waals surface area contributed by atoms with Gasteiger partial charge in [-0.3, -0.25) is 9.59 Å². The normalized spacial score (nSPS) is 10.2. The zero-order valence-electron chi connectivity index (χ0n) is 8.17. The molecule has 0 spiro atoms. The summed E-state index contributed by atoms with van der Waals surface area (Å²) in [7, 11) is 0. The van der Waals surface area contributed by atoms with Gasteiger partial charge in [-0.05, 0) is 12.2 Å². The fourth-order valence-corrected chi connectivity index (χ4v) is 0.698. The lowest BCUT2D eigenvalue weighted by molar-refractivity contribution is -0.124. The highest BCUT2D eigenvalue weighted by Gasteiger charge is 2.01. The lowest BCUT2D eigenvalue weighted by atomic mass is 10.3. The molecule has 0 unspecified atom stereocenters. The van der Waals surface area contributed by atoms with Crippen molar-refractivity contribution in [1.82, 2.24) is 10.6 Å². The second-order valence-corrected chi connectivity index (χ2v) is 2.52. The molecule has 0 bridgehead atoms. The largest absolute Gasteiger partial charge is 0.347 e. The highest BCUT2D eigenvalue weighted by Crippen LogP contribution is 1.89. The first-order valence-corrected chi connectivity index (χ1v) is 4.09. The molecule has 0 aromatic heterocycles. The van der Waals surface area contributed by atoms with E-state index in [0.29, 0.717) is 5.70 Å². The molecule has 4 nitrogen and oxygen atoms in total. The summed E-state index contributed by atoms with van der Waals surface area (Å²) in [4.78, 5) is 21.6. The van der Waals surface area contributed by atoms with E-state index >= 15 is 0 Å². The summed E-state index contributed by atoms with van der Waals surface area (Å²) in [6, 6.07) is 0. The number of carbonyl (C=O) groups is 2. The summed E-state index contributed by atoms with van der Waals surface area (Å²) in [5.41, 5.74) is 0.551. The van der Waals surface area contributed by atoms with Crippen LogP contribution >= 0.6 is 0 Å². The van der Waals surface area contributed by atoms with E-state index in [2.05, 4.69) is 23.8 Å². The van der Waals surface area contributed by atoms with E-state index in [-0.39, 0.29) is 18.4 Å². The number of hydrogen-bond donors (Lipinski definition) is 2. The first-order chi connectivity index (χ1) is 6.60. The fraction of sp³-hybridized carbons (Fsp3) is 0.200. The Labute approximate surface area is 83.4 Å². The van der Waals surface area contributed by atoms with Crippen LogP contribution in [0, 0.1) is 0 Å². The molecular weight excluding hydrogens is 180 g/mol. The minimum absolute atomic E-state index is 0.0440. The van der Waals surface area contributed by atoms with E-state index in [4.69, 9.17) is 0 Å². The number of carbonyl (C=O) groups excluding carboxylic acids is 2. The molecule has 0 aromatic carbocycles. The molecule has 0 saturated carbocycles. The Balaban J connectivity index is 4.03. The smallest absolute Gasteiger partial charge is 0.243 e. The van der Waals surface area contributed by atoms with Crippen molar-refractivity contribution in [3.05, 3.63) is 37.1 Å². The maximum Gasteiger partial charge on any atom is 0.243 e. The number of amides is 2. The van der Waals surface area contributed by atoms with Crippen LogP contribution in [0.25, 0.3) is 0 Å². The SMILES string of the molecule is C=C/C=C(\C=C)NC(=O)CNC(C)=O. The van der Waals surface area contributed by atoms with E-state index in [0.717, 1.165) is 0 Å². The van der Waals surface area contributed by atoms with Gasteiger partial charge >= 0.3 is 0 Å². The van der Waals surface area contributed by atoms with Gasteiger partial charge in [-0.1, -0.05) is 19.2 Å². The first kappa shape index (κ1) is 12.2. The van der Waals surface area contributed by atoms with Gasteiger partial charge in [0.15, 0.2) is 0 Å². The molecule has 76 valence electrons. The molecule has 0 aromatic rings. The zero-order chi connectivity index (χ0) is 11.0. The summed E-state index contributed by atoms with van der Waals surface area (Å²) in [5, 5.41) is 4.92. The van der Waals surface area contributed by atoms with Crippen LogP contribution in [0.4, 0.5) is 0 Å². The van der Waals surface area contributed by atoms with E-state index in [1.54, 1.807) is 6.08 Å². The Morgan fingerprint density at radius 1 is 1.36 bits per heavy atom. The Bertz CT molecular complexity index is 280. The molecule has 14 heavy (non-hydrogen) atoms. The number of allylic oxidation sites excluding steroid dienone is 3. The van der Waals surface area contributed by atoms with Gasteiger partial charge in [0.25, 0.3) is 0 Å². The first-order valence-electron chi connectivity index (χ1n) is 4.09. The van der Waals surface area contributed by atoms with Crippen molar-refractivity contribution in [2.45, 2.75) is 6.92 Å². The third-order valence-corrected chi connectivity index (χ3v) is 1.30. The monoisotopic (exact) mass is 194 g/mol. The van der Waals surface area contributed by atoms with E-state index in [1.165, 1.54) is 19.1 Å². The predicted octanol–water partition coefficient (Wildman–Crippen LogP) is 0.495. The molecule has 0 rings (SSSR count). The van der Waals surface area contributed by atoms with Crippen molar-refractivity contribution in [2.75, 3.05) is 6.54 Å². The van der Waals surface area contributed by atoms with Crippen LogP contribution in [0.2, 0.25) is 0 Å². The average molecular weight is 194 g/mol. The molecular formula is C10H14N2O2. The molecule has 0 atom stereocenters. The summed E-state index contributed by atoms with van der Waals surface area (Å²) in [6.45, 7) is 8.30. The third-order valence-electron chi connectivity index (χ3n) is 1.30. The van der Waals surface area contributed by atoms with Crippen LogP contribution in [-0.4, -0.2) is 18.4 Å². The van der Waals surface area contributed by atoms with Crippen LogP contribution in [0.1, 0.15) is 6.92 Å². The second-order valence-electron chi connectivity index (χ2n) is 2.52. The van der Waals surface area contributed by atoms with Gasteiger partial charge in [-0.15, -0.1) is 0 Å². The van der Waals surface area contributed by atoms with Gasteiger partial charge < -0.3 is 10.6 Å². The molecule has 0 saturated heterocycles. The van der Waals surface area contributed by atoms with Gasteiger partial charge in [0.2, 0.25) is 11.8 Å². The van der Waals surface area contributed by atoms with E-state index in [1.807, 2.05) is 0 Å². The fourth-order valence-electron chi connectivity index (χ4n) is 0.698. The summed E-state index contributed by atoms with van der Waals surface area (Å²) < 4.78 is 0. The van der Waals surface area contributed by atoms with Crippen molar-refractivity contribution in [3.63, 3.8) is 0 Å². The number of nitrogens with one attached hydrogen (secondary N) is 2. The van der Waals surface area contributed by atoms with Crippen molar-refractivity contribution in [2.24, 2.45) is 0 Å². The van der Waals surface area contributed by atoms with Gasteiger partial charge in [0.1, 0.15) is 0 Å². The molecule has 0 radical (unpaired) electrons. The minimum atomic E-state index is -0.298. The highest BCUT2D eigenvalue weighted by atomic mass is 16.2. The molecule has 0 fully saturated rings. The van der Waals surface area contributed by atoms with Gasteiger partial charge in [-0.2, -0.15) is 0 Å². The summed E-state index contributed by atoms with van der Waals surface area (Å²) >= 11 is 0. The van der Waals surface area contributed by atoms with Gasteiger partial charge in [-0.25, -0.2) is 0 Å².